The number of halogens is 1. The molecule has 2 aliphatic rings. The summed E-state index contributed by atoms with van der Waals surface area (Å²) in [6, 6.07) is 19.6. The Morgan fingerprint density at radius 2 is 1.73 bits per heavy atom. The molecule has 6 rings (SSSR count). The number of rotatable bonds is 5. The third kappa shape index (κ3) is 5.10. The Labute approximate surface area is 236 Å². The summed E-state index contributed by atoms with van der Waals surface area (Å²) in [5.74, 6) is -0.136. The van der Waals surface area contributed by atoms with Gasteiger partial charge >= 0.3 is 0 Å². The predicted octanol–water partition coefficient (Wildman–Crippen LogP) is 5.33. The summed E-state index contributed by atoms with van der Waals surface area (Å²) in [5.41, 5.74) is 4.78. The zero-order valence-corrected chi connectivity index (χ0v) is 22.7. The molecule has 2 aromatic carbocycles. The molecular formula is C31H28ClN5O3. The van der Waals surface area contributed by atoms with Crippen molar-refractivity contribution in [3.8, 4) is 0 Å². The second-order valence-corrected chi connectivity index (χ2v) is 10.9. The van der Waals surface area contributed by atoms with E-state index in [2.05, 4.69) is 20.5 Å². The van der Waals surface area contributed by atoms with Gasteiger partial charge in [0.25, 0.3) is 17.4 Å². The van der Waals surface area contributed by atoms with Gasteiger partial charge in [-0.05, 0) is 73.4 Å². The van der Waals surface area contributed by atoms with Crippen LogP contribution in [0, 0.1) is 12.8 Å². The topological polar surface area (TPSA) is 96.3 Å². The first-order valence-corrected chi connectivity index (χ1v) is 13.6. The molecule has 202 valence electrons. The summed E-state index contributed by atoms with van der Waals surface area (Å²) in [4.78, 5) is 45.2. The number of piperidine rings is 1. The number of nitrogens with one attached hydrogen (secondary N) is 2. The van der Waals surface area contributed by atoms with Gasteiger partial charge in [-0.25, -0.2) is 0 Å². The van der Waals surface area contributed by atoms with Crippen molar-refractivity contribution >= 4 is 40.5 Å². The minimum Gasteiger partial charge on any atom is -0.369 e. The number of aromatic nitrogens is 2. The Hall–Kier alpha value is -4.43. The third-order valence-corrected chi connectivity index (χ3v) is 7.93. The van der Waals surface area contributed by atoms with Crippen molar-refractivity contribution < 1.29 is 9.59 Å². The lowest BCUT2D eigenvalue weighted by atomic mass is 9.83. The first-order valence-electron chi connectivity index (χ1n) is 13.2. The summed E-state index contributed by atoms with van der Waals surface area (Å²) in [6.07, 6.45) is 4.13. The van der Waals surface area contributed by atoms with Crippen LogP contribution in [0.4, 0.5) is 17.1 Å². The molecule has 0 aliphatic carbocycles. The average Bonchev–Trinajstić information content (AvgIpc) is 2.96. The van der Waals surface area contributed by atoms with E-state index in [1.807, 2.05) is 35.8 Å². The monoisotopic (exact) mass is 553 g/mol. The number of carbonyl (C=O) groups excluding carboxylic acids is 2. The van der Waals surface area contributed by atoms with Gasteiger partial charge in [0.1, 0.15) is 0 Å². The Kier molecular flexibility index (Phi) is 6.86. The van der Waals surface area contributed by atoms with Crippen LogP contribution in [-0.2, 0) is 6.54 Å². The highest BCUT2D eigenvalue weighted by Crippen LogP contribution is 2.39. The quantitative estimate of drug-likeness (QED) is 0.348. The normalized spacial score (nSPS) is 17.6. The molecule has 4 heterocycles. The molecule has 0 radical (unpaired) electrons. The number of benzene rings is 2. The van der Waals surface area contributed by atoms with E-state index in [0.29, 0.717) is 46.5 Å². The van der Waals surface area contributed by atoms with E-state index in [4.69, 9.17) is 11.6 Å². The van der Waals surface area contributed by atoms with E-state index in [9.17, 15) is 14.4 Å². The zero-order valence-electron chi connectivity index (χ0n) is 21.9. The highest BCUT2D eigenvalue weighted by atomic mass is 35.5. The van der Waals surface area contributed by atoms with Gasteiger partial charge in [-0.3, -0.25) is 19.4 Å². The second kappa shape index (κ2) is 10.6. The number of fused-ring (bicyclic) bond motifs is 4. The molecule has 2 bridgehead atoms. The summed E-state index contributed by atoms with van der Waals surface area (Å²) in [6.45, 7) is 4.00. The van der Waals surface area contributed by atoms with Crippen LogP contribution in [-0.4, -0.2) is 34.5 Å². The molecule has 2 aromatic heterocycles. The van der Waals surface area contributed by atoms with Crippen molar-refractivity contribution in [1.82, 2.24) is 9.55 Å². The van der Waals surface area contributed by atoms with E-state index < -0.39 is 0 Å². The van der Waals surface area contributed by atoms with Crippen molar-refractivity contribution in [2.24, 2.45) is 5.92 Å². The van der Waals surface area contributed by atoms with Gasteiger partial charge in [-0.2, -0.15) is 0 Å². The lowest BCUT2D eigenvalue weighted by Gasteiger charge is -2.44. The third-order valence-electron chi connectivity index (χ3n) is 7.70. The van der Waals surface area contributed by atoms with Crippen LogP contribution in [0.5, 0.6) is 0 Å². The second-order valence-electron chi connectivity index (χ2n) is 10.4. The van der Waals surface area contributed by atoms with Gasteiger partial charge in [-0.15, -0.1) is 0 Å². The zero-order chi connectivity index (χ0) is 27.8. The van der Waals surface area contributed by atoms with Gasteiger partial charge in [0.2, 0.25) is 0 Å². The minimum atomic E-state index is -0.313. The highest BCUT2D eigenvalue weighted by Gasteiger charge is 2.35. The number of hydrogen-bond donors (Lipinski definition) is 2. The van der Waals surface area contributed by atoms with E-state index >= 15 is 0 Å². The van der Waals surface area contributed by atoms with E-state index in [-0.39, 0.29) is 23.3 Å². The van der Waals surface area contributed by atoms with Gasteiger partial charge in [-0.1, -0.05) is 23.7 Å². The highest BCUT2D eigenvalue weighted by molar-refractivity contribution is 6.31. The molecule has 8 nitrogen and oxygen atoms in total. The molecule has 2 aliphatic heterocycles. The van der Waals surface area contributed by atoms with Crippen molar-refractivity contribution in [2.75, 3.05) is 28.6 Å². The summed E-state index contributed by atoms with van der Waals surface area (Å²) in [7, 11) is 0. The smallest absolute Gasteiger partial charge is 0.257 e. The van der Waals surface area contributed by atoms with E-state index in [0.717, 1.165) is 29.9 Å². The number of amides is 2. The standard InChI is InChI=1S/C31H28ClN5O3/c1-19-7-9-24(32)14-25(19)34-30(39)21-8-10-28(26(13-21)35-31(40)22-4-3-11-33-15-22)36-16-20-12-23(18-36)27-5-2-6-29(38)37(27)17-20/h2-11,13-15,20,23H,12,16-18H2,1H3,(H,34,39)(H,35,40)/t20-,23+/m1/s1. The molecule has 0 unspecified atom stereocenters. The van der Waals surface area contributed by atoms with Gasteiger partial charge < -0.3 is 20.1 Å². The SMILES string of the molecule is Cc1ccc(Cl)cc1NC(=O)c1ccc(N2C[C@H]3C[C@@H](C2)c2cccc(=O)n2C3)c(NC(=O)c2cccnc2)c1. The lowest BCUT2D eigenvalue weighted by Crippen LogP contribution is -2.47. The van der Waals surface area contributed by atoms with Crippen LogP contribution >= 0.6 is 11.6 Å². The fourth-order valence-corrected chi connectivity index (χ4v) is 5.93. The van der Waals surface area contributed by atoms with Crippen LogP contribution < -0.4 is 21.1 Å². The molecule has 1 fully saturated rings. The number of pyridine rings is 2. The number of nitrogens with zero attached hydrogens (tertiary/aromatic N) is 3. The predicted molar refractivity (Wildman–Crippen MR) is 157 cm³/mol. The molecule has 1 saturated heterocycles. The van der Waals surface area contributed by atoms with Crippen LogP contribution in [0.1, 0.15) is 44.3 Å². The van der Waals surface area contributed by atoms with Gasteiger partial charge in [0.15, 0.2) is 0 Å². The fraction of sp³-hybridized carbons (Fsp3) is 0.226. The number of aryl methyl sites for hydroxylation is 1. The van der Waals surface area contributed by atoms with Crippen LogP contribution in [0.2, 0.25) is 5.02 Å². The molecule has 9 heteroatoms. The molecule has 2 atom stereocenters. The van der Waals surface area contributed by atoms with E-state index in [1.54, 1.807) is 48.7 Å². The molecule has 40 heavy (non-hydrogen) atoms. The Morgan fingerprint density at radius 1 is 0.900 bits per heavy atom. The van der Waals surface area contributed by atoms with E-state index in [1.165, 1.54) is 6.20 Å². The minimum absolute atomic E-state index is 0.0374. The molecule has 2 N–H and O–H groups in total. The van der Waals surface area contributed by atoms with Crippen LogP contribution in [0.3, 0.4) is 0 Å². The lowest BCUT2D eigenvalue weighted by molar-refractivity contribution is 0.101. The first kappa shape index (κ1) is 25.8. The summed E-state index contributed by atoms with van der Waals surface area (Å²) < 4.78 is 1.90. The Balaban J connectivity index is 1.33. The maximum absolute atomic E-state index is 13.3. The Morgan fingerprint density at radius 3 is 2.55 bits per heavy atom. The number of anilines is 3. The van der Waals surface area contributed by atoms with Crippen molar-refractivity contribution in [3.05, 3.63) is 117 Å². The molecule has 4 aromatic rings. The molecule has 2 amide bonds. The number of carbonyl (C=O) groups is 2. The van der Waals surface area contributed by atoms with Crippen molar-refractivity contribution in [1.29, 1.82) is 0 Å². The summed E-state index contributed by atoms with van der Waals surface area (Å²) >= 11 is 6.15. The molecule has 0 spiro atoms. The average molecular weight is 554 g/mol. The number of hydrogen-bond acceptors (Lipinski definition) is 5. The Bertz CT molecular complexity index is 1670. The summed E-state index contributed by atoms with van der Waals surface area (Å²) in [5, 5.41) is 6.48. The van der Waals surface area contributed by atoms with Gasteiger partial charge in [0.05, 0.1) is 16.9 Å². The van der Waals surface area contributed by atoms with Crippen LogP contribution in [0.15, 0.2) is 83.9 Å². The van der Waals surface area contributed by atoms with Crippen LogP contribution in [0.25, 0.3) is 0 Å². The maximum Gasteiger partial charge on any atom is 0.257 e. The molecular weight excluding hydrogens is 526 g/mol. The largest absolute Gasteiger partial charge is 0.369 e. The molecule has 0 saturated carbocycles. The maximum atomic E-state index is 13.3. The van der Waals surface area contributed by atoms with Crippen molar-refractivity contribution in [3.63, 3.8) is 0 Å². The van der Waals surface area contributed by atoms with Crippen molar-refractivity contribution in [2.45, 2.75) is 25.8 Å². The fourth-order valence-electron chi connectivity index (χ4n) is 5.76. The first-order chi connectivity index (χ1) is 19.4. The van der Waals surface area contributed by atoms with Gasteiger partial charge in [0, 0.05) is 66.0 Å².